The van der Waals surface area contributed by atoms with E-state index in [4.69, 9.17) is 15.9 Å². The highest BCUT2D eigenvalue weighted by Crippen LogP contribution is 2.11. The first-order chi connectivity index (χ1) is 8.40. The molecular formula is C9H11N3O5S. The molecule has 8 nitrogen and oxygen atoms in total. The highest BCUT2D eigenvalue weighted by atomic mass is 32.1. The first-order valence-corrected chi connectivity index (χ1v) is 5.74. The topological polar surface area (TPSA) is 143 Å². The van der Waals surface area contributed by atoms with Crippen LogP contribution in [0.2, 0.25) is 0 Å². The SMILES string of the molecule is Nc1nc(C(=O)NC(CCC(=O)O)C(=O)O)cs1. The third kappa shape index (κ3) is 4.01. The van der Waals surface area contributed by atoms with Crippen LogP contribution in [-0.4, -0.2) is 39.1 Å². The molecule has 1 aromatic heterocycles. The fraction of sp³-hybridized carbons (Fsp3) is 0.333. The van der Waals surface area contributed by atoms with E-state index in [1.54, 1.807) is 0 Å². The Morgan fingerprint density at radius 1 is 1.44 bits per heavy atom. The van der Waals surface area contributed by atoms with E-state index in [9.17, 15) is 14.4 Å². The van der Waals surface area contributed by atoms with Gasteiger partial charge in [0.05, 0.1) is 0 Å². The molecule has 0 aliphatic carbocycles. The Bertz CT molecular complexity index is 473. The second-order valence-corrected chi connectivity index (χ2v) is 4.26. The summed E-state index contributed by atoms with van der Waals surface area (Å²) in [5, 5.41) is 21.1. The molecule has 5 N–H and O–H groups in total. The lowest BCUT2D eigenvalue weighted by atomic mass is 10.1. The number of thiazole rings is 1. The predicted octanol–water partition coefficient (Wildman–Crippen LogP) is -0.227. The van der Waals surface area contributed by atoms with E-state index in [0.29, 0.717) is 0 Å². The molecule has 0 radical (unpaired) electrons. The quantitative estimate of drug-likeness (QED) is 0.560. The van der Waals surface area contributed by atoms with E-state index >= 15 is 0 Å². The fourth-order valence-electron chi connectivity index (χ4n) is 1.15. The van der Waals surface area contributed by atoms with Gasteiger partial charge in [-0.2, -0.15) is 0 Å². The highest BCUT2D eigenvalue weighted by molar-refractivity contribution is 7.13. The van der Waals surface area contributed by atoms with Crippen molar-refractivity contribution >= 4 is 34.3 Å². The molecule has 0 saturated carbocycles. The number of rotatable bonds is 6. The van der Waals surface area contributed by atoms with Gasteiger partial charge in [0.15, 0.2) is 5.13 Å². The standard InChI is InChI=1S/C9H11N3O5S/c10-9-12-5(3-18-9)7(15)11-4(8(16)17)1-2-6(13)14/h3-4H,1-2H2,(H2,10,12)(H,11,15)(H,13,14)(H,16,17). The molecule has 0 fully saturated rings. The van der Waals surface area contributed by atoms with Gasteiger partial charge in [-0.25, -0.2) is 9.78 Å². The van der Waals surface area contributed by atoms with Gasteiger partial charge in [0.1, 0.15) is 11.7 Å². The van der Waals surface area contributed by atoms with Crippen LogP contribution in [-0.2, 0) is 9.59 Å². The molecule has 1 unspecified atom stereocenters. The fourth-order valence-corrected chi connectivity index (χ4v) is 1.69. The Morgan fingerprint density at radius 2 is 2.11 bits per heavy atom. The number of nitrogen functional groups attached to an aromatic ring is 1. The molecule has 1 amide bonds. The largest absolute Gasteiger partial charge is 0.481 e. The van der Waals surface area contributed by atoms with Crippen LogP contribution in [0.15, 0.2) is 5.38 Å². The van der Waals surface area contributed by atoms with Crippen LogP contribution < -0.4 is 11.1 Å². The van der Waals surface area contributed by atoms with Gasteiger partial charge in [-0.05, 0) is 6.42 Å². The molecule has 1 heterocycles. The summed E-state index contributed by atoms with van der Waals surface area (Å²) in [5.41, 5.74) is 5.35. The lowest BCUT2D eigenvalue weighted by molar-refractivity contribution is -0.140. The minimum Gasteiger partial charge on any atom is -0.481 e. The molecule has 98 valence electrons. The number of amides is 1. The van der Waals surface area contributed by atoms with Crippen LogP contribution >= 0.6 is 11.3 Å². The van der Waals surface area contributed by atoms with E-state index in [1.165, 1.54) is 5.38 Å². The number of aliphatic carboxylic acids is 2. The van der Waals surface area contributed by atoms with Gasteiger partial charge >= 0.3 is 11.9 Å². The lowest BCUT2D eigenvalue weighted by Crippen LogP contribution is -2.41. The molecule has 1 rings (SSSR count). The first-order valence-electron chi connectivity index (χ1n) is 4.86. The molecule has 0 bridgehead atoms. The average Bonchev–Trinajstić information content (AvgIpc) is 2.70. The van der Waals surface area contributed by atoms with Crippen molar-refractivity contribution in [1.82, 2.24) is 10.3 Å². The van der Waals surface area contributed by atoms with E-state index in [2.05, 4.69) is 10.3 Å². The third-order valence-electron chi connectivity index (χ3n) is 2.00. The Labute approximate surface area is 105 Å². The Morgan fingerprint density at radius 3 is 2.56 bits per heavy atom. The number of nitrogens with two attached hydrogens (primary N) is 1. The molecule has 0 aliphatic heterocycles. The molecule has 9 heteroatoms. The normalized spacial score (nSPS) is 11.8. The number of hydrogen-bond donors (Lipinski definition) is 4. The van der Waals surface area contributed by atoms with Crippen LogP contribution in [0.25, 0.3) is 0 Å². The smallest absolute Gasteiger partial charge is 0.326 e. The average molecular weight is 273 g/mol. The van der Waals surface area contributed by atoms with Crippen molar-refractivity contribution in [3.8, 4) is 0 Å². The number of carbonyl (C=O) groups excluding carboxylic acids is 1. The monoisotopic (exact) mass is 273 g/mol. The second-order valence-electron chi connectivity index (χ2n) is 3.37. The number of anilines is 1. The zero-order chi connectivity index (χ0) is 13.7. The number of nitrogens with one attached hydrogen (secondary N) is 1. The summed E-state index contributed by atoms with van der Waals surface area (Å²) in [6.45, 7) is 0. The summed E-state index contributed by atoms with van der Waals surface area (Å²) in [6, 6.07) is -1.27. The first kappa shape index (κ1) is 13.9. The summed E-state index contributed by atoms with van der Waals surface area (Å²) in [4.78, 5) is 36.5. The van der Waals surface area contributed by atoms with Crippen LogP contribution in [0.5, 0.6) is 0 Å². The van der Waals surface area contributed by atoms with Crippen molar-refractivity contribution in [3.05, 3.63) is 11.1 Å². The van der Waals surface area contributed by atoms with Gasteiger partial charge in [-0.1, -0.05) is 0 Å². The number of carboxylic acid groups (broad SMARTS) is 2. The number of hydrogen-bond acceptors (Lipinski definition) is 6. The molecule has 1 aromatic rings. The van der Waals surface area contributed by atoms with Crippen molar-refractivity contribution in [2.75, 3.05) is 5.73 Å². The Balaban J connectivity index is 2.63. The number of aromatic nitrogens is 1. The zero-order valence-corrected chi connectivity index (χ0v) is 9.94. The maximum Gasteiger partial charge on any atom is 0.326 e. The summed E-state index contributed by atoms with van der Waals surface area (Å²) in [7, 11) is 0. The van der Waals surface area contributed by atoms with Gasteiger partial charge < -0.3 is 21.3 Å². The van der Waals surface area contributed by atoms with E-state index < -0.39 is 23.9 Å². The predicted molar refractivity (Wildman–Crippen MR) is 62.3 cm³/mol. The summed E-state index contributed by atoms with van der Waals surface area (Å²) >= 11 is 1.05. The number of carbonyl (C=O) groups is 3. The molecule has 0 spiro atoms. The van der Waals surface area contributed by atoms with Crippen molar-refractivity contribution in [3.63, 3.8) is 0 Å². The maximum atomic E-state index is 11.6. The van der Waals surface area contributed by atoms with Gasteiger partial charge in [-0.15, -0.1) is 11.3 Å². The van der Waals surface area contributed by atoms with Crippen molar-refractivity contribution in [2.24, 2.45) is 0 Å². The van der Waals surface area contributed by atoms with Crippen LogP contribution in [0.1, 0.15) is 23.3 Å². The van der Waals surface area contributed by atoms with E-state index in [-0.39, 0.29) is 23.7 Å². The van der Waals surface area contributed by atoms with E-state index in [1.807, 2.05) is 0 Å². The van der Waals surface area contributed by atoms with Gasteiger partial charge in [0, 0.05) is 11.8 Å². The minimum atomic E-state index is -1.30. The third-order valence-corrected chi connectivity index (χ3v) is 2.68. The van der Waals surface area contributed by atoms with Crippen molar-refractivity contribution in [1.29, 1.82) is 0 Å². The number of carboxylic acids is 2. The van der Waals surface area contributed by atoms with Gasteiger partial charge in [0.2, 0.25) is 0 Å². The second kappa shape index (κ2) is 5.96. The van der Waals surface area contributed by atoms with E-state index in [0.717, 1.165) is 11.3 Å². The Hall–Kier alpha value is -2.16. The molecule has 0 aromatic carbocycles. The Kier molecular flexibility index (Phi) is 4.60. The van der Waals surface area contributed by atoms with Gasteiger partial charge in [-0.3, -0.25) is 9.59 Å². The molecule has 0 aliphatic rings. The molecule has 0 saturated heterocycles. The molecular weight excluding hydrogens is 262 g/mol. The highest BCUT2D eigenvalue weighted by Gasteiger charge is 2.22. The summed E-state index contributed by atoms with van der Waals surface area (Å²) in [6.07, 6.45) is -0.549. The van der Waals surface area contributed by atoms with Crippen molar-refractivity contribution in [2.45, 2.75) is 18.9 Å². The minimum absolute atomic E-state index is 0.0130. The van der Waals surface area contributed by atoms with Gasteiger partial charge in [0.25, 0.3) is 5.91 Å². The lowest BCUT2D eigenvalue weighted by Gasteiger charge is -2.12. The summed E-state index contributed by atoms with van der Waals surface area (Å²) in [5.74, 6) is -3.12. The van der Waals surface area contributed by atoms with Crippen LogP contribution in [0, 0.1) is 0 Å². The van der Waals surface area contributed by atoms with Crippen LogP contribution in [0.4, 0.5) is 5.13 Å². The number of nitrogens with zero attached hydrogens (tertiary/aromatic N) is 1. The summed E-state index contributed by atoms with van der Waals surface area (Å²) < 4.78 is 0. The molecule has 18 heavy (non-hydrogen) atoms. The molecule has 1 atom stereocenters. The zero-order valence-electron chi connectivity index (χ0n) is 9.12. The maximum absolute atomic E-state index is 11.6. The van der Waals surface area contributed by atoms with Crippen molar-refractivity contribution < 1.29 is 24.6 Å². The van der Waals surface area contributed by atoms with Crippen LogP contribution in [0.3, 0.4) is 0 Å².